The zero-order valence-corrected chi connectivity index (χ0v) is 15.0. The van der Waals surface area contributed by atoms with Crippen molar-refractivity contribution in [3.05, 3.63) is 64.7 Å². The minimum atomic E-state index is -1.14. The van der Waals surface area contributed by atoms with Crippen molar-refractivity contribution >= 4 is 17.4 Å². The number of ether oxygens (including phenoxy) is 1. The molecule has 1 atom stereocenters. The number of rotatable bonds is 7. The number of benzene rings is 2. The summed E-state index contributed by atoms with van der Waals surface area (Å²) in [5.74, 6) is 0.682. The zero-order valence-electron chi connectivity index (χ0n) is 14.3. The smallest absolute Gasteiger partial charge is 0.201 e. The van der Waals surface area contributed by atoms with Gasteiger partial charge in [-0.15, -0.1) is 0 Å². The second-order valence-corrected chi connectivity index (χ2v) is 6.88. The van der Waals surface area contributed by atoms with Crippen LogP contribution in [-0.4, -0.2) is 23.1 Å². The van der Waals surface area contributed by atoms with Crippen LogP contribution in [-0.2, 0) is 11.2 Å². The van der Waals surface area contributed by atoms with Crippen molar-refractivity contribution in [1.29, 1.82) is 0 Å². The number of hydrogen-bond donors (Lipinski definition) is 1. The van der Waals surface area contributed by atoms with Crippen molar-refractivity contribution in [3.63, 3.8) is 0 Å². The predicted molar refractivity (Wildman–Crippen MR) is 96.8 cm³/mol. The molecule has 0 heterocycles. The van der Waals surface area contributed by atoms with Crippen LogP contribution < -0.4 is 4.74 Å². The highest BCUT2D eigenvalue weighted by atomic mass is 35.5. The molecule has 4 heteroatoms. The molecule has 24 heavy (non-hydrogen) atoms. The number of aliphatic hydroxyl groups excluding tert-OH is 1. The van der Waals surface area contributed by atoms with Gasteiger partial charge in [-0.1, -0.05) is 49.7 Å². The number of carbonyl (C=O) groups excluding carboxylic acids is 1. The van der Waals surface area contributed by atoms with Crippen LogP contribution in [0.5, 0.6) is 5.75 Å². The molecule has 0 aliphatic carbocycles. The fraction of sp³-hybridized carbons (Fsp3) is 0.350. The summed E-state index contributed by atoms with van der Waals surface area (Å²) in [6.07, 6.45) is 0.357. The van der Waals surface area contributed by atoms with E-state index >= 15 is 0 Å². The SMILES string of the molecule is CC(C)c1ccc(O[C@@](C)(Cc2ccc(Cl)cc2)C(=O)CO)cc1. The van der Waals surface area contributed by atoms with Gasteiger partial charge in [-0.05, 0) is 48.2 Å². The molecule has 128 valence electrons. The number of halogens is 1. The molecule has 0 unspecified atom stereocenters. The van der Waals surface area contributed by atoms with Crippen LogP contribution in [0.4, 0.5) is 0 Å². The lowest BCUT2D eigenvalue weighted by atomic mass is 9.92. The van der Waals surface area contributed by atoms with E-state index in [4.69, 9.17) is 16.3 Å². The quantitative estimate of drug-likeness (QED) is 0.808. The van der Waals surface area contributed by atoms with Gasteiger partial charge in [0.1, 0.15) is 12.4 Å². The lowest BCUT2D eigenvalue weighted by Gasteiger charge is -2.29. The van der Waals surface area contributed by atoms with Gasteiger partial charge in [0, 0.05) is 11.4 Å². The number of ketones is 1. The van der Waals surface area contributed by atoms with Crippen LogP contribution in [0, 0.1) is 0 Å². The van der Waals surface area contributed by atoms with Gasteiger partial charge in [-0.3, -0.25) is 4.79 Å². The topological polar surface area (TPSA) is 46.5 Å². The molecule has 2 aromatic rings. The summed E-state index contributed by atoms with van der Waals surface area (Å²) in [7, 11) is 0. The molecule has 0 aromatic heterocycles. The van der Waals surface area contributed by atoms with Crippen LogP contribution in [0.2, 0.25) is 5.02 Å². The molecule has 0 aliphatic heterocycles. The highest BCUT2D eigenvalue weighted by Gasteiger charge is 2.35. The molecular formula is C20H23ClO3. The van der Waals surface area contributed by atoms with E-state index in [9.17, 15) is 9.90 Å². The van der Waals surface area contributed by atoms with E-state index in [1.165, 1.54) is 5.56 Å². The number of carbonyl (C=O) groups is 1. The molecule has 2 rings (SSSR count). The first-order valence-corrected chi connectivity index (χ1v) is 8.39. The van der Waals surface area contributed by atoms with Crippen molar-refractivity contribution in [2.75, 3.05) is 6.61 Å². The van der Waals surface area contributed by atoms with E-state index < -0.39 is 12.2 Å². The van der Waals surface area contributed by atoms with Crippen molar-refractivity contribution < 1.29 is 14.6 Å². The molecule has 0 aliphatic rings. The number of hydrogen-bond acceptors (Lipinski definition) is 3. The lowest BCUT2D eigenvalue weighted by Crippen LogP contribution is -2.45. The largest absolute Gasteiger partial charge is 0.479 e. The van der Waals surface area contributed by atoms with Crippen molar-refractivity contribution in [3.8, 4) is 5.75 Å². The highest BCUT2D eigenvalue weighted by molar-refractivity contribution is 6.30. The fourth-order valence-corrected chi connectivity index (χ4v) is 2.66. The van der Waals surface area contributed by atoms with Crippen LogP contribution in [0.1, 0.15) is 37.8 Å². The maximum absolute atomic E-state index is 12.3. The first kappa shape index (κ1) is 18.5. The van der Waals surface area contributed by atoms with Gasteiger partial charge in [-0.25, -0.2) is 0 Å². The number of aliphatic hydroxyl groups is 1. The van der Waals surface area contributed by atoms with Crippen molar-refractivity contribution in [1.82, 2.24) is 0 Å². The Bertz CT molecular complexity index is 677. The van der Waals surface area contributed by atoms with Gasteiger partial charge in [0.25, 0.3) is 0 Å². The Labute approximate surface area is 148 Å². The molecular weight excluding hydrogens is 324 g/mol. The fourth-order valence-electron chi connectivity index (χ4n) is 2.53. The summed E-state index contributed by atoms with van der Waals surface area (Å²) >= 11 is 5.90. The molecule has 0 saturated heterocycles. The Balaban J connectivity index is 2.23. The van der Waals surface area contributed by atoms with E-state index in [2.05, 4.69) is 13.8 Å². The predicted octanol–water partition coefficient (Wildman–Crippen LogP) is 4.41. The molecule has 1 N–H and O–H groups in total. The molecule has 2 aromatic carbocycles. The van der Waals surface area contributed by atoms with E-state index in [-0.39, 0.29) is 5.78 Å². The lowest BCUT2D eigenvalue weighted by molar-refractivity contribution is -0.136. The average molecular weight is 347 g/mol. The third kappa shape index (κ3) is 4.59. The Morgan fingerprint density at radius 3 is 2.21 bits per heavy atom. The first-order valence-electron chi connectivity index (χ1n) is 8.01. The first-order chi connectivity index (χ1) is 11.3. The Morgan fingerprint density at radius 2 is 1.71 bits per heavy atom. The van der Waals surface area contributed by atoms with Gasteiger partial charge >= 0.3 is 0 Å². The Morgan fingerprint density at radius 1 is 1.12 bits per heavy atom. The molecule has 3 nitrogen and oxygen atoms in total. The average Bonchev–Trinajstić information content (AvgIpc) is 2.56. The standard InChI is InChI=1S/C20H23ClO3/c1-14(2)16-6-10-18(11-7-16)24-20(3,19(23)13-22)12-15-4-8-17(21)9-5-15/h4-11,14,22H,12-13H2,1-3H3/t20-/m0/s1. The van der Waals surface area contributed by atoms with Crippen LogP contribution >= 0.6 is 11.6 Å². The minimum Gasteiger partial charge on any atom is -0.479 e. The number of Topliss-reactive ketones (excluding diaryl/α,β-unsaturated/α-hetero) is 1. The molecule has 0 bridgehead atoms. The summed E-state index contributed by atoms with van der Waals surface area (Å²) in [6.45, 7) is 5.39. The second kappa shape index (κ2) is 7.82. The van der Waals surface area contributed by atoms with Gasteiger partial charge in [0.15, 0.2) is 5.60 Å². The molecule has 0 amide bonds. The third-order valence-corrected chi connectivity index (χ3v) is 4.33. The molecule has 0 radical (unpaired) electrons. The van der Waals surface area contributed by atoms with E-state index in [1.807, 2.05) is 36.4 Å². The molecule has 0 fully saturated rings. The zero-order chi connectivity index (χ0) is 17.7. The summed E-state index contributed by atoms with van der Waals surface area (Å²) in [5, 5.41) is 9.97. The Hall–Kier alpha value is -1.84. The summed E-state index contributed by atoms with van der Waals surface area (Å²) in [6, 6.07) is 15.0. The maximum atomic E-state index is 12.3. The van der Waals surface area contributed by atoms with E-state index in [0.717, 1.165) is 5.56 Å². The van der Waals surface area contributed by atoms with Crippen LogP contribution in [0.3, 0.4) is 0 Å². The van der Waals surface area contributed by atoms with E-state index in [0.29, 0.717) is 23.1 Å². The van der Waals surface area contributed by atoms with Gasteiger partial charge in [0.05, 0.1) is 0 Å². The van der Waals surface area contributed by atoms with Crippen LogP contribution in [0.25, 0.3) is 0 Å². The van der Waals surface area contributed by atoms with Gasteiger partial charge in [-0.2, -0.15) is 0 Å². The van der Waals surface area contributed by atoms with Crippen LogP contribution in [0.15, 0.2) is 48.5 Å². The highest BCUT2D eigenvalue weighted by Crippen LogP contribution is 2.26. The van der Waals surface area contributed by atoms with Crippen molar-refractivity contribution in [2.45, 2.75) is 38.7 Å². The molecule has 0 spiro atoms. The van der Waals surface area contributed by atoms with Gasteiger partial charge < -0.3 is 9.84 Å². The van der Waals surface area contributed by atoms with Crippen molar-refractivity contribution in [2.24, 2.45) is 0 Å². The normalized spacial score (nSPS) is 13.6. The Kier molecular flexibility index (Phi) is 6.03. The summed E-state index contributed by atoms with van der Waals surface area (Å²) in [4.78, 5) is 12.3. The van der Waals surface area contributed by atoms with E-state index in [1.54, 1.807) is 19.1 Å². The summed E-state index contributed by atoms with van der Waals surface area (Å²) < 4.78 is 5.98. The third-order valence-electron chi connectivity index (χ3n) is 4.08. The molecule has 0 saturated carbocycles. The monoisotopic (exact) mass is 346 g/mol. The second-order valence-electron chi connectivity index (χ2n) is 6.44. The maximum Gasteiger partial charge on any atom is 0.201 e. The van der Waals surface area contributed by atoms with Gasteiger partial charge in [0.2, 0.25) is 5.78 Å². The minimum absolute atomic E-state index is 0.356. The summed E-state index contributed by atoms with van der Waals surface area (Å²) in [5.41, 5.74) is 0.986.